The van der Waals surface area contributed by atoms with Crippen LogP contribution in [0.1, 0.15) is 41.0 Å². The van der Waals surface area contributed by atoms with E-state index in [4.69, 9.17) is 0 Å². The third kappa shape index (κ3) is 2.70. The van der Waals surface area contributed by atoms with Crippen LogP contribution in [0.3, 0.4) is 0 Å². The maximum absolute atomic E-state index is 3.54. The molecular weight excluding hydrogens is 158 g/mol. The quantitative estimate of drug-likeness (QED) is 0.706. The molecular formula is C12H25N. The van der Waals surface area contributed by atoms with Crippen LogP contribution in [-0.2, 0) is 0 Å². The maximum Gasteiger partial charge on any atom is 0.0131 e. The summed E-state index contributed by atoms with van der Waals surface area (Å²) in [6.45, 7) is 13.0. The average molecular weight is 183 g/mol. The van der Waals surface area contributed by atoms with Crippen molar-refractivity contribution in [3.05, 3.63) is 0 Å². The van der Waals surface area contributed by atoms with E-state index in [0.29, 0.717) is 0 Å². The Hall–Kier alpha value is -0.0400. The second-order valence-electron chi connectivity index (χ2n) is 5.35. The number of hydrogen-bond donors (Lipinski definition) is 1. The molecule has 1 heteroatoms. The predicted octanol–water partition coefficient (Wildman–Crippen LogP) is 2.91. The Labute approximate surface area is 83.3 Å². The molecule has 0 bridgehead atoms. The zero-order chi connectivity index (χ0) is 10.0. The fourth-order valence-electron chi connectivity index (χ4n) is 2.26. The average Bonchev–Trinajstić information content (AvgIpc) is 2.01. The van der Waals surface area contributed by atoms with E-state index in [1.165, 1.54) is 13.0 Å². The highest BCUT2D eigenvalue weighted by Gasteiger charge is 2.31. The number of rotatable bonds is 4. The zero-order valence-electron chi connectivity index (χ0n) is 9.80. The van der Waals surface area contributed by atoms with Gasteiger partial charge in [0.1, 0.15) is 0 Å². The van der Waals surface area contributed by atoms with Gasteiger partial charge >= 0.3 is 0 Å². The van der Waals surface area contributed by atoms with Crippen LogP contribution in [0.5, 0.6) is 0 Å². The van der Waals surface area contributed by atoms with E-state index in [9.17, 15) is 0 Å². The zero-order valence-corrected chi connectivity index (χ0v) is 9.80. The molecule has 1 heterocycles. The van der Waals surface area contributed by atoms with Crippen molar-refractivity contribution in [1.82, 2.24) is 5.32 Å². The minimum atomic E-state index is 0.793. The number of hydrogen-bond acceptors (Lipinski definition) is 1. The topological polar surface area (TPSA) is 12.0 Å². The van der Waals surface area contributed by atoms with Gasteiger partial charge in [0.05, 0.1) is 0 Å². The lowest BCUT2D eigenvalue weighted by Crippen LogP contribution is -2.55. The Morgan fingerprint density at radius 3 is 2.15 bits per heavy atom. The molecule has 4 atom stereocenters. The lowest BCUT2D eigenvalue weighted by molar-refractivity contribution is 0.157. The molecule has 0 aromatic heterocycles. The van der Waals surface area contributed by atoms with Gasteiger partial charge in [-0.05, 0) is 36.6 Å². The summed E-state index contributed by atoms with van der Waals surface area (Å²) in [6, 6.07) is 0.793. The van der Waals surface area contributed by atoms with Crippen molar-refractivity contribution < 1.29 is 0 Å². The van der Waals surface area contributed by atoms with Crippen LogP contribution in [0.25, 0.3) is 0 Å². The van der Waals surface area contributed by atoms with Gasteiger partial charge in [0.25, 0.3) is 0 Å². The van der Waals surface area contributed by atoms with Crippen molar-refractivity contribution in [3.63, 3.8) is 0 Å². The summed E-state index contributed by atoms with van der Waals surface area (Å²) in [5.41, 5.74) is 0. The van der Waals surface area contributed by atoms with E-state index >= 15 is 0 Å². The third-order valence-corrected chi connectivity index (χ3v) is 3.78. The van der Waals surface area contributed by atoms with E-state index in [-0.39, 0.29) is 0 Å². The summed E-state index contributed by atoms with van der Waals surface area (Å²) in [6.07, 6.45) is 1.37. The van der Waals surface area contributed by atoms with Crippen LogP contribution in [0.15, 0.2) is 0 Å². The van der Waals surface area contributed by atoms with Gasteiger partial charge in [-0.3, -0.25) is 0 Å². The van der Waals surface area contributed by atoms with Gasteiger partial charge in [0, 0.05) is 6.04 Å². The molecule has 0 amide bonds. The minimum absolute atomic E-state index is 0.793. The molecule has 0 aromatic carbocycles. The molecule has 1 N–H and O–H groups in total. The molecule has 0 radical (unpaired) electrons. The first-order chi connectivity index (χ1) is 6.02. The second kappa shape index (κ2) is 4.45. The summed E-state index contributed by atoms with van der Waals surface area (Å²) in [5, 5.41) is 3.54. The highest BCUT2D eigenvalue weighted by molar-refractivity contribution is 4.89. The molecule has 1 aliphatic heterocycles. The van der Waals surface area contributed by atoms with E-state index in [1.54, 1.807) is 0 Å². The summed E-state index contributed by atoms with van der Waals surface area (Å²) in [5.74, 6) is 3.44. The number of nitrogens with one attached hydrogen (secondary N) is 1. The van der Waals surface area contributed by atoms with Gasteiger partial charge < -0.3 is 5.32 Å². The maximum atomic E-state index is 3.54. The van der Waals surface area contributed by atoms with Crippen molar-refractivity contribution in [2.75, 3.05) is 6.54 Å². The Kier molecular flexibility index (Phi) is 3.78. The summed E-state index contributed by atoms with van der Waals surface area (Å²) >= 11 is 0. The van der Waals surface area contributed by atoms with Crippen molar-refractivity contribution in [2.24, 2.45) is 23.7 Å². The van der Waals surface area contributed by atoms with Gasteiger partial charge in [-0.25, -0.2) is 0 Å². The lowest BCUT2D eigenvalue weighted by Gasteiger charge is -2.41. The van der Waals surface area contributed by atoms with E-state index < -0.39 is 0 Å². The van der Waals surface area contributed by atoms with E-state index in [1.807, 2.05) is 0 Å². The van der Waals surface area contributed by atoms with Crippen molar-refractivity contribution in [3.8, 4) is 0 Å². The first kappa shape index (κ1) is 11.0. The molecule has 1 nitrogen and oxygen atoms in total. The summed E-state index contributed by atoms with van der Waals surface area (Å²) < 4.78 is 0. The van der Waals surface area contributed by atoms with E-state index in [2.05, 4.69) is 39.9 Å². The molecule has 0 aliphatic carbocycles. The standard InChI is InChI=1S/C12H25N/c1-8(2)9(3)6-10(4)12-11(5)7-13-12/h8-13H,6-7H2,1-5H3/t9?,10?,11-,12?/m1/s1. The van der Waals surface area contributed by atoms with Crippen LogP contribution in [-0.4, -0.2) is 12.6 Å². The van der Waals surface area contributed by atoms with Crippen LogP contribution in [0.2, 0.25) is 0 Å². The van der Waals surface area contributed by atoms with Crippen LogP contribution in [0.4, 0.5) is 0 Å². The predicted molar refractivity (Wildman–Crippen MR) is 58.7 cm³/mol. The Morgan fingerprint density at radius 1 is 1.23 bits per heavy atom. The highest BCUT2D eigenvalue weighted by Crippen LogP contribution is 2.27. The summed E-state index contributed by atoms with van der Waals surface area (Å²) in [4.78, 5) is 0. The molecule has 13 heavy (non-hydrogen) atoms. The van der Waals surface area contributed by atoms with Gasteiger partial charge in [0.15, 0.2) is 0 Å². The smallest absolute Gasteiger partial charge is 0.0131 e. The van der Waals surface area contributed by atoms with Gasteiger partial charge in [-0.2, -0.15) is 0 Å². The minimum Gasteiger partial charge on any atom is -0.313 e. The molecule has 3 unspecified atom stereocenters. The molecule has 1 rings (SSSR count). The second-order valence-corrected chi connectivity index (χ2v) is 5.35. The largest absolute Gasteiger partial charge is 0.313 e. The highest BCUT2D eigenvalue weighted by atomic mass is 15.0. The van der Waals surface area contributed by atoms with Crippen LogP contribution in [0, 0.1) is 23.7 Å². The van der Waals surface area contributed by atoms with Crippen LogP contribution >= 0.6 is 0 Å². The van der Waals surface area contributed by atoms with Crippen LogP contribution < -0.4 is 5.32 Å². The first-order valence-electron chi connectivity index (χ1n) is 5.75. The molecule has 1 fully saturated rings. The molecule has 0 aromatic rings. The first-order valence-corrected chi connectivity index (χ1v) is 5.75. The van der Waals surface area contributed by atoms with Gasteiger partial charge in [-0.15, -0.1) is 0 Å². The van der Waals surface area contributed by atoms with E-state index in [0.717, 1.165) is 29.7 Å². The van der Waals surface area contributed by atoms with Crippen molar-refractivity contribution >= 4 is 0 Å². The Morgan fingerprint density at radius 2 is 1.85 bits per heavy atom. The molecule has 78 valence electrons. The molecule has 1 aliphatic rings. The molecule has 0 saturated carbocycles. The lowest BCUT2D eigenvalue weighted by atomic mass is 9.78. The third-order valence-electron chi connectivity index (χ3n) is 3.78. The van der Waals surface area contributed by atoms with Crippen molar-refractivity contribution in [1.29, 1.82) is 0 Å². The monoisotopic (exact) mass is 183 g/mol. The molecule has 1 saturated heterocycles. The normalized spacial score (nSPS) is 32.8. The Bertz CT molecular complexity index is 153. The fraction of sp³-hybridized carbons (Fsp3) is 1.00. The van der Waals surface area contributed by atoms with Crippen molar-refractivity contribution in [2.45, 2.75) is 47.1 Å². The van der Waals surface area contributed by atoms with Gasteiger partial charge in [-0.1, -0.05) is 34.6 Å². The SMILES string of the molecule is CC(C)C(C)CC(C)C1NC[C@H]1C. The fourth-order valence-corrected chi connectivity index (χ4v) is 2.26. The Balaban J connectivity index is 2.28. The van der Waals surface area contributed by atoms with Gasteiger partial charge in [0.2, 0.25) is 0 Å². The summed E-state index contributed by atoms with van der Waals surface area (Å²) in [7, 11) is 0. The molecule has 0 spiro atoms.